The first-order chi connectivity index (χ1) is 9.40. The summed E-state index contributed by atoms with van der Waals surface area (Å²) < 4.78 is 0. The van der Waals surface area contributed by atoms with Gasteiger partial charge in [0, 0.05) is 43.3 Å². The summed E-state index contributed by atoms with van der Waals surface area (Å²) in [5.74, 6) is 0. The molecule has 4 nitrogen and oxygen atoms in total. The van der Waals surface area contributed by atoms with E-state index in [1.807, 2.05) is 30.3 Å². The van der Waals surface area contributed by atoms with E-state index in [4.69, 9.17) is 0 Å². The van der Waals surface area contributed by atoms with Crippen LogP contribution in [0.25, 0.3) is 10.9 Å². The molecule has 0 radical (unpaired) electrons. The van der Waals surface area contributed by atoms with Gasteiger partial charge in [0.1, 0.15) is 6.04 Å². The summed E-state index contributed by atoms with van der Waals surface area (Å²) >= 11 is 0. The van der Waals surface area contributed by atoms with Gasteiger partial charge < -0.3 is 5.32 Å². The first kappa shape index (κ1) is 12.1. The summed E-state index contributed by atoms with van der Waals surface area (Å²) in [6.45, 7) is 3.69. The van der Waals surface area contributed by atoms with Gasteiger partial charge in [-0.05, 0) is 6.07 Å². The first-order valence-electron chi connectivity index (χ1n) is 6.58. The van der Waals surface area contributed by atoms with Crippen LogP contribution in [0.1, 0.15) is 11.6 Å². The zero-order chi connectivity index (χ0) is 13.1. The zero-order valence-corrected chi connectivity index (χ0v) is 10.7. The van der Waals surface area contributed by atoms with Crippen molar-refractivity contribution >= 4 is 10.9 Å². The Balaban J connectivity index is 2.04. The van der Waals surface area contributed by atoms with Crippen molar-refractivity contribution < 1.29 is 0 Å². The number of rotatable bonds is 2. The van der Waals surface area contributed by atoms with E-state index in [0.717, 1.165) is 42.6 Å². The van der Waals surface area contributed by atoms with Crippen LogP contribution in [0.3, 0.4) is 0 Å². The van der Waals surface area contributed by atoms with Crippen LogP contribution in [0.4, 0.5) is 0 Å². The smallest absolute Gasteiger partial charge is 0.126 e. The highest BCUT2D eigenvalue weighted by atomic mass is 15.2. The van der Waals surface area contributed by atoms with E-state index in [1.54, 1.807) is 6.20 Å². The third-order valence-corrected chi connectivity index (χ3v) is 3.60. The van der Waals surface area contributed by atoms with Crippen molar-refractivity contribution in [1.29, 1.82) is 5.26 Å². The number of nitriles is 1. The van der Waals surface area contributed by atoms with Gasteiger partial charge in [0.25, 0.3) is 0 Å². The Morgan fingerprint density at radius 1 is 1.21 bits per heavy atom. The minimum Gasteiger partial charge on any atom is -0.314 e. The predicted molar refractivity (Wildman–Crippen MR) is 74.5 cm³/mol. The van der Waals surface area contributed by atoms with E-state index >= 15 is 0 Å². The molecular formula is C15H16N4. The maximum Gasteiger partial charge on any atom is 0.126 e. The second-order valence-electron chi connectivity index (χ2n) is 4.74. The largest absolute Gasteiger partial charge is 0.314 e. The minimum atomic E-state index is -0.208. The van der Waals surface area contributed by atoms with Crippen LogP contribution in [0.5, 0.6) is 0 Å². The van der Waals surface area contributed by atoms with Gasteiger partial charge in [-0.15, -0.1) is 0 Å². The van der Waals surface area contributed by atoms with E-state index in [0.29, 0.717) is 0 Å². The molecule has 0 amide bonds. The Bertz CT molecular complexity index is 606. The van der Waals surface area contributed by atoms with Crippen LogP contribution in [0.15, 0.2) is 36.5 Å². The quantitative estimate of drug-likeness (QED) is 0.884. The number of hydrogen-bond acceptors (Lipinski definition) is 4. The molecule has 0 bridgehead atoms. The third-order valence-electron chi connectivity index (χ3n) is 3.60. The molecule has 0 spiro atoms. The van der Waals surface area contributed by atoms with Gasteiger partial charge >= 0.3 is 0 Å². The van der Waals surface area contributed by atoms with E-state index in [9.17, 15) is 5.26 Å². The molecule has 1 aromatic carbocycles. The van der Waals surface area contributed by atoms with Gasteiger partial charge in [-0.1, -0.05) is 24.3 Å². The number of piperazine rings is 1. The Labute approximate surface area is 112 Å². The van der Waals surface area contributed by atoms with Crippen molar-refractivity contribution in [2.75, 3.05) is 26.2 Å². The molecule has 1 fully saturated rings. The lowest BCUT2D eigenvalue weighted by Gasteiger charge is -2.31. The monoisotopic (exact) mass is 252 g/mol. The molecule has 1 aromatic heterocycles. The SMILES string of the molecule is N#CC(c1cccc2cccnc12)N1CCNCC1. The zero-order valence-electron chi connectivity index (χ0n) is 10.7. The summed E-state index contributed by atoms with van der Waals surface area (Å²) in [7, 11) is 0. The molecule has 4 heteroatoms. The third kappa shape index (κ3) is 2.30. The fraction of sp³-hybridized carbons (Fsp3) is 0.333. The summed E-state index contributed by atoms with van der Waals surface area (Å²) in [6.07, 6.45) is 1.79. The lowest BCUT2D eigenvalue weighted by atomic mass is 10.0. The minimum absolute atomic E-state index is 0.208. The molecule has 96 valence electrons. The Kier molecular flexibility index (Phi) is 3.41. The standard InChI is InChI=1S/C15H16N4/c16-11-14(19-9-7-17-8-10-19)13-5-1-3-12-4-2-6-18-15(12)13/h1-6,14,17H,7-10H2. The van der Waals surface area contributed by atoms with Gasteiger partial charge in [0.2, 0.25) is 0 Å². The molecule has 2 heterocycles. The molecule has 1 aliphatic heterocycles. The van der Waals surface area contributed by atoms with Crippen LogP contribution in [0, 0.1) is 11.3 Å². The molecule has 19 heavy (non-hydrogen) atoms. The molecule has 0 saturated carbocycles. The van der Waals surface area contributed by atoms with Crippen LogP contribution in [0.2, 0.25) is 0 Å². The molecule has 2 aromatic rings. The maximum absolute atomic E-state index is 9.55. The van der Waals surface area contributed by atoms with Crippen LogP contribution in [-0.2, 0) is 0 Å². The van der Waals surface area contributed by atoms with Crippen molar-refractivity contribution in [2.24, 2.45) is 0 Å². The van der Waals surface area contributed by atoms with Gasteiger partial charge in [0.05, 0.1) is 11.6 Å². The van der Waals surface area contributed by atoms with Crippen molar-refractivity contribution in [2.45, 2.75) is 6.04 Å². The number of fused-ring (bicyclic) bond motifs is 1. The van der Waals surface area contributed by atoms with Gasteiger partial charge in [0.15, 0.2) is 0 Å². The van der Waals surface area contributed by atoms with Crippen molar-refractivity contribution in [1.82, 2.24) is 15.2 Å². The van der Waals surface area contributed by atoms with Crippen LogP contribution >= 0.6 is 0 Å². The van der Waals surface area contributed by atoms with Crippen LogP contribution < -0.4 is 5.32 Å². The van der Waals surface area contributed by atoms with Crippen molar-refractivity contribution in [3.63, 3.8) is 0 Å². The van der Waals surface area contributed by atoms with E-state index in [2.05, 4.69) is 21.3 Å². The Morgan fingerprint density at radius 3 is 2.79 bits per heavy atom. The maximum atomic E-state index is 9.55. The molecule has 0 aliphatic carbocycles. The second kappa shape index (κ2) is 5.35. The highest BCUT2D eigenvalue weighted by Crippen LogP contribution is 2.26. The number of nitrogens with zero attached hydrogens (tertiary/aromatic N) is 3. The fourth-order valence-electron chi connectivity index (χ4n) is 2.64. The van der Waals surface area contributed by atoms with Gasteiger partial charge in [-0.2, -0.15) is 5.26 Å². The number of benzene rings is 1. The number of hydrogen-bond donors (Lipinski definition) is 1. The summed E-state index contributed by atoms with van der Waals surface area (Å²) in [5.41, 5.74) is 1.96. The number of nitrogens with one attached hydrogen (secondary N) is 1. The van der Waals surface area contributed by atoms with Gasteiger partial charge in [-0.3, -0.25) is 9.88 Å². The van der Waals surface area contributed by atoms with E-state index in [1.165, 1.54) is 0 Å². The summed E-state index contributed by atoms with van der Waals surface area (Å²) in [6, 6.07) is 12.3. The molecular weight excluding hydrogens is 236 g/mol. The molecule has 1 saturated heterocycles. The molecule has 1 aliphatic rings. The second-order valence-corrected chi connectivity index (χ2v) is 4.74. The lowest BCUT2D eigenvalue weighted by molar-refractivity contribution is 0.208. The predicted octanol–water partition coefficient (Wildman–Crippen LogP) is 1.70. The summed E-state index contributed by atoms with van der Waals surface area (Å²) in [5, 5.41) is 14.0. The van der Waals surface area contributed by atoms with Crippen molar-refractivity contribution in [3.8, 4) is 6.07 Å². The van der Waals surface area contributed by atoms with Crippen LogP contribution in [-0.4, -0.2) is 36.1 Å². The summed E-state index contributed by atoms with van der Waals surface area (Å²) in [4.78, 5) is 6.67. The number of para-hydroxylation sites is 1. The lowest BCUT2D eigenvalue weighted by Crippen LogP contribution is -2.44. The normalized spacial score (nSPS) is 18.1. The fourth-order valence-corrected chi connectivity index (χ4v) is 2.64. The topological polar surface area (TPSA) is 52.0 Å². The Morgan fingerprint density at radius 2 is 2.00 bits per heavy atom. The van der Waals surface area contributed by atoms with E-state index in [-0.39, 0.29) is 6.04 Å². The molecule has 1 atom stereocenters. The van der Waals surface area contributed by atoms with Gasteiger partial charge in [-0.25, -0.2) is 0 Å². The Hall–Kier alpha value is -1.96. The first-order valence-corrected chi connectivity index (χ1v) is 6.58. The highest BCUT2D eigenvalue weighted by Gasteiger charge is 2.23. The number of pyridine rings is 1. The average Bonchev–Trinajstić information content (AvgIpc) is 2.49. The highest BCUT2D eigenvalue weighted by molar-refractivity contribution is 5.82. The molecule has 1 unspecified atom stereocenters. The molecule has 1 N–H and O–H groups in total. The number of aromatic nitrogens is 1. The molecule has 3 rings (SSSR count). The van der Waals surface area contributed by atoms with Crippen molar-refractivity contribution in [3.05, 3.63) is 42.1 Å². The van der Waals surface area contributed by atoms with E-state index < -0.39 is 0 Å². The average molecular weight is 252 g/mol.